The maximum atomic E-state index is 9.50. The van der Waals surface area contributed by atoms with Crippen LogP contribution in [0, 0.1) is 0 Å². The summed E-state index contributed by atoms with van der Waals surface area (Å²) >= 11 is 0. The predicted molar refractivity (Wildman–Crippen MR) is 57.8 cm³/mol. The Kier molecular flexibility index (Phi) is 5.53. The van der Waals surface area contributed by atoms with Crippen molar-refractivity contribution in [3.05, 3.63) is 0 Å². The van der Waals surface area contributed by atoms with Crippen molar-refractivity contribution >= 4 is 27.1 Å². The van der Waals surface area contributed by atoms with Gasteiger partial charge in [0.05, 0.1) is 0 Å². The zero-order valence-corrected chi connectivity index (χ0v) is 11.6. The average Bonchev–Trinajstić information content (AvgIpc) is 1.78. The van der Waals surface area contributed by atoms with Crippen LogP contribution < -0.4 is 0 Å². The van der Waals surface area contributed by atoms with Crippen molar-refractivity contribution in [3.63, 3.8) is 0 Å². The highest BCUT2D eigenvalue weighted by Crippen LogP contribution is 2.07. The van der Waals surface area contributed by atoms with Crippen LogP contribution in [0.25, 0.3) is 0 Å². The molecular formula is C6H20O2Si3. The van der Waals surface area contributed by atoms with Crippen LogP contribution in [0.3, 0.4) is 0 Å². The lowest BCUT2D eigenvalue weighted by Gasteiger charge is -2.13. The van der Waals surface area contributed by atoms with Crippen molar-refractivity contribution in [1.82, 2.24) is 0 Å². The highest BCUT2D eigenvalue weighted by molar-refractivity contribution is 6.70. The molecule has 0 amide bonds. The smallest absolute Gasteiger partial charge is 0.182 e. The molecule has 68 valence electrons. The first kappa shape index (κ1) is 11.6. The van der Waals surface area contributed by atoms with Gasteiger partial charge in [-0.1, -0.05) is 0 Å². The van der Waals surface area contributed by atoms with E-state index in [1.54, 1.807) is 0 Å². The van der Waals surface area contributed by atoms with E-state index in [9.17, 15) is 4.80 Å². The van der Waals surface area contributed by atoms with Gasteiger partial charge in [-0.25, -0.2) is 0 Å². The molecule has 0 unspecified atom stereocenters. The highest BCUT2D eigenvalue weighted by Gasteiger charge is 2.15. The van der Waals surface area contributed by atoms with Crippen molar-refractivity contribution in [2.45, 2.75) is 38.3 Å². The van der Waals surface area contributed by atoms with Gasteiger partial charge in [0.15, 0.2) is 17.4 Å². The molecule has 0 aromatic rings. The highest BCUT2D eigenvalue weighted by atomic mass is 28.4. The summed E-state index contributed by atoms with van der Waals surface area (Å²) in [5.74, 6) is 0. The minimum absolute atomic E-state index is 0.280. The molecule has 0 heterocycles. The van der Waals surface area contributed by atoms with Crippen molar-refractivity contribution < 1.29 is 8.91 Å². The molecule has 0 aliphatic rings. The monoisotopic (exact) mass is 208 g/mol. The van der Waals surface area contributed by atoms with Crippen LogP contribution in [-0.2, 0) is 4.12 Å². The summed E-state index contributed by atoms with van der Waals surface area (Å²) < 4.78 is 5.63. The average molecular weight is 208 g/mol. The number of hydrogen-bond donors (Lipinski definition) is 1. The van der Waals surface area contributed by atoms with Gasteiger partial charge in [0.2, 0.25) is 0 Å². The summed E-state index contributed by atoms with van der Waals surface area (Å²) in [6.45, 7) is 8.39. The lowest BCUT2D eigenvalue weighted by molar-refractivity contribution is 0.548. The Balaban J connectivity index is 3.15. The molecule has 11 heavy (non-hydrogen) atoms. The summed E-state index contributed by atoms with van der Waals surface area (Å²) in [6.07, 6.45) is 0. The first-order chi connectivity index (χ1) is 4.92. The van der Waals surface area contributed by atoms with Gasteiger partial charge >= 0.3 is 0 Å². The van der Waals surface area contributed by atoms with Gasteiger partial charge in [-0.15, -0.1) is 0 Å². The van der Waals surface area contributed by atoms with Crippen LogP contribution in [-0.4, -0.2) is 31.9 Å². The Labute approximate surface area is 74.8 Å². The third-order valence-corrected chi connectivity index (χ3v) is 7.92. The largest absolute Gasteiger partial charge is 0.463 e. The quantitative estimate of drug-likeness (QED) is 0.532. The van der Waals surface area contributed by atoms with Crippen molar-refractivity contribution in [2.75, 3.05) is 0 Å². The van der Waals surface area contributed by atoms with E-state index in [0.29, 0.717) is 0 Å². The van der Waals surface area contributed by atoms with Crippen LogP contribution in [0.5, 0.6) is 0 Å². The summed E-state index contributed by atoms with van der Waals surface area (Å²) in [6, 6.07) is 2.20. The SMILES string of the molecule is C[SiH](C)O[SiH2]CC[Si](C)(C)O. The van der Waals surface area contributed by atoms with Gasteiger partial charge in [-0.3, -0.25) is 0 Å². The lowest BCUT2D eigenvalue weighted by Crippen LogP contribution is -2.25. The van der Waals surface area contributed by atoms with Gasteiger partial charge in [-0.05, 0) is 38.3 Å². The zero-order chi connectivity index (χ0) is 8.91. The third-order valence-electron chi connectivity index (χ3n) is 1.38. The molecule has 0 radical (unpaired) electrons. The molecule has 0 saturated carbocycles. The standard InChI is InChI=1S/C6H20O2Si3/c1-10(2)8-9-5-6-11(3,4)7/h7,10H,5-6,9H2,1-4H3. The van der Waals surface area contributed by atoms with Crippen LogP contribution in [0.15, 0.2) is 0 Å². The maximum Gasteiger partial charge on any atom is 0.182 e. The molecule has 0 aromatic carbocycles. The van der Waals surface area contributed by atoms with Crippen molar-refractivity contribution in [1.29, 1.82) is 0 Å². The lowest BCUT2D eigenvalue weighted by atomic mass is 10.9. The molecule has 0 aliphatic heterocycles. The van der Waals surface area contributed by atoms with Crippen LogP contribution in [0.2, 0.25) is 38.3 Å². The van der Waals surface area contributed by atoms with E-state index in [1.807, 2.05) is 13.1 Å². The van der Waals surface area contributed by atoms with Crippen molar-refractivity contribution in [3.8, 4) is 0 Å². The molecular weight excluding hydrogens is 188 g/mol. The summed E-state index contributed by atoms with van der Waals surface area (Å²) in [5.41, 5.74) is 0. The van der Waals surface area contributed by atoms with E-state index in [2.05, 4.69) is 13.1 Å². The Bertz CT molecular complexity index is 100. The molecule has 0 atom stereocenters. The molecule has 5 heteroatoms. The second-order valence-corrected chi connectivity index (χ2v) is 12.5. The Morgan fingerprint density at radius 3 is 2.36 bits per heavy atom. The second kappa shape index (κ2) is 5.26. The fourth-order valence-corrected chi connectivity index (χ4v) is 7.41. The molecule has 1 N–H and O–H groups in total. The van der Waals surface area contributed by atoms with E-state index in [-0.39, 0.29) is 9.76 Å². The topological polar surface area (TPSA) is 29.5 Å². The van der Waals surface area contributed by atoms with E-state index in [1.165, 1.54) is 6.04 Å². The predicted octanol–water partition coefficient (Wildman–Crippen LogP) is 0.686. The fraction of sp³-hybridized carbons (Fsp3) is 1.00. The van der Waals surface area contributed by atoms with Crippen LogP contribution >= 0.6 is 0 Å². The molecule has 0 spiro atoms. The fourth-order valence-electron chi connectivity index (χ4n) is 0.824. The Morgan fingerprint density at radius 2 is 2.00 bits per heavy atom. The minimum atomic E-state index is -1.76. The molecule has 0 fully saturated rings. The molecule has 2 nitrogen and oxygen atoms in total. The van der Waals surface area contributed by atoms with Gasteiger partial charge in [0.25, 0.3) is 0 Å². The Hall–Kier alpha value is 0.571. The van der Waals surface area contributed by atoms with E-state index < -0.39 is 17.4 Å². The van der Waals surface area contributed by atoms with Gasteiger partial charge in [0, 0.05) is 0 Å². The van der Waals surface area contributed by atoms with Gasteiger partial charge in [0.1, 0.15) is 9.76 Å². The first-order valence-corrected chi connectivity index (χ1v) is 11.8. The molecule has 0 aliphatic carbocycles. The van der Waals surface area contributed by atoms with Crippen molar-refractivity contribution in [2.24, 2.45) is 0 Å². The summed E-state index contributed by atoms with van der Waals surface area (Å²) in [7, 11) is -2.80. The Morgan fingerprint density at radius 1 is 1.45 bits per heavy atom. The molecule has 0 bridgehead atoms. The maximum absolute atomic E-state index is 9.50. The van der Waals surface area contributed by atoms with E-state index in [0.717, 1.165) is 6.04 Å². The van der Waals surface area contributed by atoms with E-state index in [4.69, 9.17) is 4.12 Å². The van der Waals surface area contributed by atoms with Gasteiger partial charge in [-0.2, -0.15) is 0 Å². The van der Waals surface area contributed by atoms with Gasteiger partial charge < -0.3 is 8.91 Å². The van der Waals surface area contributed by atoms with Crippen LogP contribution in [0.4, 0.5) is 0 Å². The first-order valence-electron chi connectivity index (χ1n) is 4.26. The molecule has 0 aromatic heterocycles. The molecule has 0 rings (SSSR count). The normalized spacial score (nSPS) is 13.6. The summed E-state index contributed by atoms with van der Waals surface area (Å²) in [5, 5.41) is 0. The molecule has 0 saturated heterocycles. The minimum Gasteiger partial charge on any atom is -0.463 e. The van der Waals surface area contributed by atoms with Crippen LogP contribution in [0.1, 0.15) is 0 Å². The zero-order valence-electron chi connectivity index (χ0n) is 8.05. The summed E-state index contributed by atoms with van der Waals surface area (Å²) in [4.78, 5) is 9.50. The third kappa shape index (κ3) is 10.6. The number of hydrogen-bond acceptors (Lipinski definition) is 2. The second-order valence-electron chi connectivity index (χ2n) is 3.84. The number of rotatable bonds is 5. The van der Waals surface area contributed by atoms with E-state index >= 15 is 0 Å².